The SMILES string of the molecule is CCN(C)C(=O)Cc1csc(COc2ccc(Cl)cc2)n1. The van der Waals surface area contributed by atoms with Crippen LogP contribution in [0, 0.1) is 0 Å². The van der Waals surface area contributed by atoms with Gasteiger partial charge in [0, 0.05) is 24.0 Å². The molecule has 4 nitrogen and oxygen atoms in total. The van der Waals surface area contributed by atoms with Gasteiger partial charge in [0.15, 0.2) is 0 Å². The van der Waals surface area contributed by atoms with Gasteiger partial charge in [-0.1, -0.05) is 11.6 Å². The van der Waals surface area contributed by atoms with Crippen LogP contribution in [0.25, 0.3) is 0 Å². The lowest BCUT2D eigenvalue weighted by atomic mass is 10.3. The molecule has 1 aromatic heterocycles. The van der Waals surface area contributed by atoms with Gasteiger partial charge in [0.1, 0.15) is 17.4 Å². The molecular weight excluding hydrogens is 308 g/mol. The van der Waals surface area contributed by atoms with E-state index in [0.717, 1.165) is 16.5 Å². The number of rotatable bonds is 6. The van der Waals surface area contributed by atoms with Crippen LogP contribution in [0.1, 0.15) is 17.6 Å². The van der Waals surface area contributed by atoms with E-state index in [0.29, 0.717) is 24.6 Å². The molecular formula is C15H17ClN2O2S. The number of halogens is 1. The molecule has 0 radical (unpaired) electrons. The standard InChI is InChI=1S/C15H17ClN2O2S/c1-3-18(2)15(19)8-12-10-21-14(17-12)9-20-13-6-4-11(16)5-7-13/h4-7,10H,3,8-9H2,1-2H3. The Morgan fingerprint density at radius 2 is 2.10 bits per heavy atom. The van der Waals surface area contributed by atoms with E-state index < -0.39 is 0 Å². The third kappa shape index (κ3) is 4.72. The van der Waals surface area contributed by atoms with Crippen LogP contribution in [0.2, 0.25) is 5.02 Å². The van der Waals surface area contributed by atoms with E-state index >= 15 is 0 Å². The number of ether oxygens (including phenoxy) is 1. The van der Waals surface area contributed by atoms with E-state index in [9.17, 15) is 4.79 Å². The van der Waals surface area contributed by atoms with Gasteiger partial charge in [-0.3, -0.25) is 4.79 Å². The lowest BCUT2D eigenvalue weighted by Crippen LogP contribution is -2.27. The Bertz CT molecular complexity index is 598. The Morgan fingerprint density at radius 1 is 1.38 bits per heavy atom. The van der Waals surface area contributed by atoms with Crippen LogP contribution in [0.4, 0.5) is 0 Å². The second-order valence-corrected chi connectivity index (χ2v) is 5.94. The van der Waals surface area contributed by atoms with Crippen molar-refractivity contribution in [1.29, 1.82) is 0 Å². The normalized spacial score (nSPS) is 10.4. The van der Waals surface area contributed by atoms with Crippen LogP contribution in [-0.2, 0) is 17.8 Å². The zero-order valence-corrected chi connectivity index (χ0v) is 13.6. The van der Waals surface area contributed by atoms with E-state index in [1.54, 1.807) is 24.1 Å². The molecule has 2 rings (SSSR count). The summed E-state index contributed by atoms with van der Waals surface area (Å²) in [7, 11) is 1.79. The minimum atomic E-state index is 0.0768. The first-order chi connectivity index (χ1) is 10.1. The first-order valence-electron chi connectivity index (χ1n) is 6.64. The Balaban J connectivity index is 1.88. The number of thiazole rings is 1. The molecule has 112 valence electrons. The van der Waals surface area contributed by atoms with Gasteiger partial charge in [0.05, 0.1) is 12.1 Å². The van der Waals surface area contributed by atoms with Crippen molar-refractivity contribution in [1.82, 2.24) is 9.88 Å². The van der Waals surface area contributed by atoms with E-state index in [-0.39, 0.29) is 5.91 Å². The number of hydrogen-bond acceptors (Lipinski definition) is 4. The molecule has 1 amide bonds. The van der Waals surface area contributed by atoms with Crippen LogP contribution in [0.15, 0.2) is 29.6 Å². The highest BCUT2D eigenvalue weighted by atomic mass is 35.5. The first-order valence-corrected chi connectivity index (χ1v) is 7.90. The number of aromatic nitrogens is 1. The highest BCUT2D eigenvalue weighted by molar-refractivity contribution is 7.09. The number of nitrogens with zero attached hydrogens (tertiary/aromatic N) is 2. The fraction of sp³-hybridized carbons (Fsp3) is 0.333. The van der Waals surface area contributed by atoms with Gasteiger partial charge in [-0.2, -0.15) is 0 Å². The molecule has 6 heteroatoms. The molecule has 0 unspecified atom stereocenters. The summed E-state index contributed by atoms with van der Waals surface area (Å²) in [6.45, 7) is 3.05. The Hall–Kier alpha value is -1.59. The number of hydrogen-bond donors (Lipinski definition) is 0. The summed E-state index contributed by atoms with van der Waals surface area (Å²) in [6.07, 6.45) is 0.335. The Morgan fingerprint density at radius 3 is 2.76 bits per heavy atom. The predicted molar refractivity (Wildman–Crippen MR) is 84.9 cm³/mol. The number of benzene rings is 1. The van der Waals surface area contributed by atoms with E-state index in [2.05, 4.69) is 4.98 Å². The monoisotopic (exact) mass is 324 g/mol. The average molecular weight is 325 g/mol. The lowest BCUT2D eigenvalue weighted by Gasteiger charge is -2.12. The van der Waals surface area contributed by atoms with Crippen molar-refractivity contribution < 1.29 is 9.53 Å². The molecule has 0 atom stereocenters. The van der Waals surface area contributed by atoms with E-state index in [1.165, 1.54) is 11.3 Å². The van der Waals surface area contributed by atoms with Crippen LogP contribution >= 0.6 is 22.9 Å². The molecule has 0 aliphatic heterocycles. The Labute approximate surface area is 133 Å². The molecule has 0 aliphatic rings. The van der Waals surface area contributed by atoms with Gasteiger partial charge < -0.3 is 9.64 Å². The third-order valence-electron chi connectivity index (χ3n) is 3.01. The maximum absolute atomic E-state index is 11.8. The molecule has 0 saturated heterocycles. The van der Waals surface area contributed by atoms with Crippen LogP contribution in [0.5, 0.6) is 5.75 Å². The topological polar surface area (TPSA) is 42.4 Å². The van der Waals surface area contributed by atoms with Gasteiger partial charge in [-0.25, -0.2) is 4.98 Å². The van der Waals surface area contributed by atoms with Crippen molar-refractivity contribution in [3.63, 3.8) is 0 Å². The maximum atomic E-state index is 11.8. The van der Waals surface area contributed by atoms with Crippen LogP contribution < -0.4 is 4.74 Å². The summed E-state index contributed by atoms with van der Waals surface area (Å²) in [4.78, 5) is 17.9. The largest absolute Gasteiger partial charge is 0.486 e. The summed E-state index contributed by atoms with van der Waals surface area (Å²) >= 11 is 7.32. The molecule has 0 saturated carbocycles. The zero-order chi connectivity index (χ0) is 15.2. The molecule has 0 N–H and O–H groups in total. The predicted octanol–water partition coefficient (Wildman–Crippen LogP) is 3.40. The number of amides is 1. The lowest BCUT2D eigenvalue weighted by molar-refractivity contribution is -0.129. The third-order valence-corrected chi connectivity index (χ3v) is 4.13. The van der Waals surface area contributed by atoms with Gasteiger partial charge in [0.25, 0.3) is 0 Å². The highest BCUT2D eigenvalue weighted by Crippen LogP contribution is 2.18. The second kappa shape index (κ2) is 7.43. The molecule has 21 heavy (non-hydrogen) atoms. The number of likely N-dealkylation sites (N-methyl/N-ethyl adjacent to an activating group) is 1. The quantitative estimate of drug-likeness (QED) is 0.818. The van der Waals surface area contributed by atoms with Crippen molar-refractivity contribution in [3.8, 4) is 5.75 Å². The van der Waals surface area contributed by atoms with Gasteiger partial charge >= 0.3 is 0 Å². The molecule has 1 aromatic carbocycles. The first kappa shape index (κ1) is 15.8. The summed E-state index contributed by atoms with van der Waals surface area (Å²) in [5.41, 5.74) is 0.792. The number of carbonyl (C=O) groups is 1. The van der Waals surface area contributed by atoms with E-state index in [1.807, 2.05) is 24.4 Å². The minimum Gasteiger partial charge on any atom is -0.486 e. The number of carbonyl (C=O) groups excluding carboxylic acids is 1. The fourth-order valence-electron chi connectivity index (χ4n) is 1.64. The summed E-state index contributed by atoms with van der Waals surface area (Å²) < 4.78 is 5.63. The highest BCUT2D eigenvalue weighted by Gasteiger charge is 2.11. The average Bonchev–Trinajstić information content (AvgIpc) is 2.93. The summed E-state index contributed by atoms with van der Waals surface area (Å²) in [5.74, 6) is 0.825. The van der Waals surface area contributed by atoms with E-state index in [4.69, 9.17) is 16.3 Å². The van der Waals surface area contributed by atoms with Gasteiger partial charge in [-0.05, 0) is 31.2 Å². The fourth-order valence-corrected chi connectivity index (χ4v) is 2.47. The summed E-state index contributed by atoms with van der Waals surface area (Å²) in [5, 5.41) is 3.44. The van der Waals surface area contributed by atoms with Gasteiger partial charge in [0.2, 0.25) is 5.91 Å². The molecule has 1 heterocycles. The maximum Gasteiger partial charge on any atom is 0.228 e. The Kier molecular flexibility index (Phi) is 5.59. The van der Waals surface area contributed by atoms with Crippen molar-refractivity contribution >= 4 is 28.8 Å². The molecule has 0 spiro atoms. The molecule has 0 bridgehead atoms. The second-order valence-electron chi connectivity index (χ2n) is 4.56. The summed E-state index contributed by atoms with van der Waals surface area (Å²) in [6, 6.07) is 7.19. The van der Waals surface area contributed by atoms with Crippen molar-refractivity contribution in [2.75, 3.05) is 13.6 Å². The molecule has 2 aromatic rings. The van der Waals surface area contributed by atoms with Gasteiger partial charge in [-0.15, -0.1) is 11.3 Å². The minimum absolute atomic E-state index is 0.0768. The van der Waals surface area contributed by atoms with Crippen molar-refractivity contribution in [2.24, 2.45) is 0 Å². The zero-order valence-electron chi connectivity index (χ0n) is 12.0. The van der Waals surface area contributed by atoms with Crippen molar-refractivity contribution in [3.05, 3.63) is 45.4 Å². The van der Waals surface area contributed by atoms with Crippen molar-refractivity contribution in [2.45, 2.75) is 20.0 Å². The van der Waals surface area contributed by atoms with Crippen LogP contribution in [-0.4, -0.2) is 29.4 Å². The molecule has 0 aliphatic carbocycles. The van der Waals surface area contributed by atoms with Crippen LogP contribution in [0.3, 0.4) is 0 Å². The molecule has 0 fully saturated rings. The smallest absolute Gasteiger partial charge is 0.228 e.